The zero-order valence-corrected chi connectivity index (χ0v) is 12.8. The minimum absolute atomic E-state index is 0.330. The number of hydrogen-bond acceptors (Lipinski definition) is 4. The molecule has 0 bridgehead atoms. The van der Waals surface area contributed by atoms with E-state index in [9.17, 15) is 4.79 Å². The molecule has 2 aromatic heterocycles. The zero-order chi connectivity index (χ0) is 16.1. The highest BCUT2D eigenvalue weighted by Gasteiger charge is 2.15. The molecule has 0 aliphatic rings. The first-order valence-corrected chi connectivity index (χ1v) is 7.41. The molecule has 0 amide bonds. The molecular weight excluding hydrogens is 288 g/mol. The quantitative estimate of drug-likeness (QED) is 0.684. The van der Waals surface area contributed by atoms with Gasteiger partial charge in [0, 0.05) is 35.9 Å². The van der Waals surface area contributed by atoms with Crippen molar-refractivity contribution in [3.63, 3.8) is 0 Å². The van der Waals surface area contributed by atoms with Gasteiger partial charge in [0.15, 0.2) is 0 Å². The molecule has 0 saturated carbocycles. The molecule has 0 spiro atoms. The van der Waals surface area contributed by atoms with Crippen molar-refractivity contribution in [1.29, 1.82) is 0 Å². The maximum absolute atomic E-state index is 12.2. The number of rotatable bonds is 4. The number of esters is 1. The van der Waals surface area contributed by atoms with Gasteiger partial charge in [-0.05, 0) is 42.3 Å². The fraction of sp³-hybridized carbons (Fsp3) is 0.105. The minimum atomic E-state index is -0.330. The fourth-order valence-electron chi connectivity index (χ4n) is 2.41. The lowest BCUT2D eigenvalue weighted by atomic mass is 9.96. The van der Waals surface area contributed by atoms with Gasteiger partial charge in [0.25, 0.3) is 0 Å². The van der Waals surface area contributed by atoms with Crippen LogP contribution in [0.25, 0.3) is 22.3 Å². The number of carbonyl (C=O) groups excluding carboxylic acids is 1. The third-order valence-corrected chi connectivity index (χ3v) is 3.48. The molecule has 0 unspecified atom stereocenters. The Kier molecular flexibility index (Phi) is 4.43. The molecule has 4 heteroatoms. The lowest BCUT2D eigenvalue weighted by Crippen LogP contribution is -2.06. The average Bonchev–Trinajstić information content (AvgIpc) is 2.63. The molecule has 0 saturated heterocycles. The van der Waals surface area contributed by atoms with E-state index in [-0.39, 0.29) is 5.97 Å². The number of nitrogens with zero attached hydrogens (tertiary/aromatic N) is 2. The number of hydrogen-bond donors (Lipinski definition) is 0. The van der Waals surface area contributed by atoms with Crippen molar-refractivity contribution in [2.45, 2.75) is 6.92 Å². The van der Waals surface area contributed by atoms with Gasteiger partial charge in [0.2, 0.25) is 0 Å². The van der Waals surface area contributed by atoms with Gasteiger partial charge < -0.3 is 4.74 Å². The summed E-state index contributed by atoms with van der Waals surface area (Å²) >= 11 is 0. The van der Waals surface area contributed by atoms with Crippen LogP contribution in [0.5, 0.6) is 0 Å². The zero-order valence-electron chi connectivity index (χ0n) is 12.8. The van der Waals surface area contributed by atoms with E-state index in [1.807, 2.05) is 36.4 Å². The SMILES string of the molecule is CCOC(=O)c1ccc(-c2cccnc2)cc1-c1cccnc1. The molecule has 0 aliphatic carbocycles. The van der Waals surface area contributed by atoms with Gasteiger partial charge in [-0.25, -0.2) is 4.79 Å². The number of benzene rings is 1. The second kappa shape index (κ2) is 6.83. The highest BCUT2D eigenvalue weighted by Crippen LogP contribution is 2.29. The molecule has 2 heterocycles. The molecule has 0 aliphatic heterocycles. The van der Waals surface area contributed by atoms with E-state index in [4.69, 9.17) is 4.74 Å². The topological polar surface area (TPSA) is 52.1 Å². The van der Waals surface area contributed by atoms with Crippen LogP contribution >= 0.6 is 0 Å². The van der Waals surface area contributed by atoms with E-state index in [2.05, 4.69) is 9.97 Å². The summed E-state index contributed by atoms with van der Waals surface area (Å²) < 4.78 is 5.16. The molecule has 3 aromatic rings. The van der Waals surface area contributed by atoms with Crippen molar-refractivity contribution in [2.24, 2.45) is 0 Å². The number of carbonyl (C=O) groups is 1. The molecule has 23 heavy (non-hydrogen) atoms. The standard InChI is InChI=1S/C19H16N2O2/c1-2-23-19(22)17-8-7-14(15-5-3-9-20-12-15)11-18(17)16-6-4-10-21-13-16/h3-13H,2H2,1H3. The van der Waals surface area contributed by atoms with Crippen LogP contribution < -0.4 is 0 Å². The van der Waals surface area contributed by atoms with Crippen LogP contribution in [0.4, 0.5) is 0 Å². The molecule has 0 N–H and O–H groups in total. The van der Waals surface area contributed by atoms with E-state index in [1.165, 1.54) is 0 Å². The number of pyridine rings is 2. The van der Waals surface area contributed by atoms with Crippen molar-refractivity contribution >= 4 is 5.97 Å². The number of aromatic nitrogens is 2. The van der Waals surface area contributed by atoms with Gasteiger partial charge in [-0.1, -0.05) is 18.2 Å². The van der Waals surface area contributed by atoms with Crippen molar-refractivity contribution in [3.05, 3.63) is 72.8 Å². The van der Waals surface area contributed by atoms with E-state index in [0.717, 1.165) is 22.3 Å². The molecule has 0 fully saturated rings. The van der Waals surface area contributed by atoms with E-state index in [0.29, 0.717) is 12.2 Å². The lowest BCUT2D eigenvalue weighted by Gasteiger charge is -2.11. The van der Waals surface area contributed by atoms with Crippen LogP contribution in [0.2, 0.25) is 0 Å². The smallest absolute Gasteiger partial charge is 0.338 e. The molecule has 1 aromatic carbocycles. The van der Waals surface area contributed by atoms with E-state index >= 15 is 0 Å². The molecule has 114 valence electrons. The summed E-state index contributed by atoms with van der Waals surface area (Å²) in [5.74, 6) is -0.330. The van der Waals surface area contributed by atoms with E-state index < -0.39 is 0 Å². The van der Waals surface area contributed by atoms with Gasteiger partial charge in [-0.15, -0.1) is 0 Å². The first-order valence-electron chi connectivity index (χ1n) is 7.41. The minimum Gasteiger partial charge on any atom is -0.462 e. The third kappa shape index (κ3) is 3.26. The highest BCUT2D eigenvalue weighted by atomic mass is 16.5. The Balaban J connectivity index is 2.13. The Morgan fingerprint density at radius 2 is 1.65 bits per heavy atom. The summed E-state index contributed by atoms with van der Waals surface area (Å²) in [6.45, 7) is 2.14. The average molecular weight is 304 g/mol. The van der Waals surface area contributed by atoms with Crippen LogP contribution in [-0.4, -0.2) is 22.5 Å². The Hall–Kier alpha value is -3.01. The summed E-state index contributed by atoms with van der Waals surface area (Å²) in [5.41, 5.74) is 4.20. The van der Waals surface area contributed by atoms with E-state index in [1.54, 1.807) is 37.8 Å². The van der Waals surface area contributed by atoms with Crippen molar-refractivity contribution in [3.8, 4) is 22.3 Å². The summed E-state index contributed by atoms with van der Waals surface area (Å²) in [6.07, 6.45) is 6.98. The summed E-state index contributed by atoms with van der Waals surface area (Å²) in [7, 11) is 0. The summed E-state index contributed by atoms with van der Waals surface area (Å²) in [5, 5.41) is 0. The van der Waals surface area contributed by atoms with Gasteiger partial charge in [-0.2, -0.15) is 0 Å². The molecule has 0 radical (unpaired) electrons. The largest absolute Gasteiger partial charge is 0.462 e. The molecule has 0 atom stereocenters. The normalized spacial score (nSPS) is 10.3. The van der Waals surface area contributed by atoms with Crippen LogP contribution in [0.3, 0.4) is 0 Å². The summed E-state index contributed by atoms with van der Waals surface area (Å²) in [6, 6.07) is 13.3. The Bertz CT molecular complexity index is 802. The maximum Gasteiger partial charge on any atom is 0.338 e. The van der Waals surface area contributed by atoms with Crippen molar-refractivity contribution in [1.82, 2.24) is 9.97 Å². The monoisotopic (exact) mass is 304 g/mol. The fourth-order valence-corrected chi connectivity index (χ4v) is 2.41. The Morgan fingerprint density at radius 3 is 2.26 bits per heavy atom. The first-order chi connectivity index (χ1) is 11.3. The Morgan fingerprint density at radius 1 is 0.957 bits per heavy atom. The molecular formula is C19H16N2O2. The lowest BCUT2D eigenvalue weighted by molar-refractivity contribution is 0.0527. The van der Waals surface area contributed by atoms with Gasteiger partial charge in [0.1, 0.15) is 0 Å². The first kappa shape index (κ1) is 14.9. The van der Waals surface area contributed by atoms with Gasteiger partial charge >= 0.3 is 5.97 Å². The second-order valence-electron chi connectivity index (χ2n) is 4.96. The van der Waals surface area contributed by atoms with Crippen molar-refractivity contribution < 1.29 is 9.53 Å². The molecule has 3 rings (SSSR count). The van der Waals surface area contributed by atoms with Crippen LogP contribution in [0.15, 0.2) is 67.3 Å². The third-order valence-electron chi connectivity index (χ3n) is 3.48. The predicted octanol–water partition coefficient (Wildman–Crippen LogP) is 3.99. The van der Waals surface area contributed by atoms with Crippen molar-refractivity contribution in [2.75, 3.05) is 6.61 Å². The summed E-state index contributed by atoms with van der Waals surface area (Å²) in [4.78, 5) is 20.5. The number of ether oxygens (including phenoxy) is 1. The second-order valence-corrected chi connectivity index (χ2v) is 4.96. The van der Waals surface area contributed by atoms with Gasteiger partial charge in [-0.3, -0.25) is 9.97 Å². The maximum atomic E-state index is 12.2. The van der Waals surface area contributed by atoms with Crippen LogP contribution in [0.1, 0.15) is 17.3 Å². The van der Waals surface area contributed by atoms with Gasteiger partial charge in [0.05, 0.1) is 12.2 Å². The highest BCUT2D eigenvalue weighted by molar-refractivity contribution is 5.98. The van der Waals surface area contributed by atoms with Crippen LogP contribution in [-0.2, 0) is 4.74 Å². The Labute approximate surface area is 134 Å². The predicted molar refractivity (Wildman–Crippen MR) is 88.9 cm³/mol. The molecule has 4 nitrogen and oxygen atoms in total. The van der Waals surface area contributed by atoms with Crippen LogP contribution in [0, 0.1) is 0 Å².